The van der Waals surface area contributed by atoms with Gasteiger partial charge in [-0.05, 0) is 25.2 Å². The quantitative estimate of drug-likeness (QED) is 0.803. The van der Waals surface area contributed by atoms with Gasteiger partial charge in [0.15, 0.2) is 0 Å². The average molecular weight is 226 g/mol. The maximum absolute atomic E-state index is 6.08. The fourth-order valence-corrected chi connectivity index (χ4v) is 2.10. The molecule has 1 fully saturated rings. The van der Waals surface area contributed by atoms with Crippen molar-refractivity contribution in [3.05, 3.63) is 17.0 Å². The minimum atomic E-state index is 0.348. The van der Waals surface area contributed by atoms with Crippen molar-refractivity contribution in [3.8, 4) is 0 Å². The van der Waals surface area contributed by atoms with E-state index in [-0.39, 0.29) is 0 Å². The molecule has 4 heteroatoms. The number of hydrogen-bond acceptors (Lipinski definition) is 3. The molecule has 82 valence electrons. The largest absolute Gasteiger partial charge is 0.367 e. The van der Waals surface area contributed by atoms with Crippen molar-refractivity contribution >= 4 is 17.4 Å². The van der Waals surface area contributed by atoms with E-state index in [1.165, 1.54) is 25.6 Å². The van der Waals surface area contributed by atoms with E-state index in [1.54, 1.807) is 0 Å². The zero-order valence-corrected chi connectivity index (χ0v) is 9.88. The number of hydrogen-bond donors (Lipinski definition) is 1. The van der Waals surface area contributed by atoms with Crippen LogP contribution in [0.15, 0.2) is 6.33 Å². The van der Waals surface area contributed by atoms with Crippen LogP contribution in [0.3, 0.4) is 0 Å². The van der Waals surface area contributed by atoms with Crippen LogP contribution in [0, 0.1) is 0 Å². The van der Waals surface area contributed by atoms with Crippen LogP contribution >= 0.6 is 11.6 Å². The lowest BCUT2D eigenvalue weighted by molar-refractivity contribution is 0.444. The van der Waals surface area contributed by atoms with Crippen LogP contribution in [0.2, 0.25) is 5.15 Å². The number of nitrogens with one attached hydrogen (secondary N) is 1. The van der Waals surface area contributed by atoms with Crippen molar-refractivity contribution < 1.29 is 0 Å². The zero-order valence-electron chi connectivity index (χ0n) is 9.13. The summed E-state index contributed by atoms with van der Waals surface area (Å²) in [6.45, 7) is 4.22. The summed E-state index contributed by atoms with van der Waals surface area (Å²) in [6, 6.07) is 0.577. The van der Waals surface area contributed by atoms with Crippen molar-refractivity contribution in [2.75, 3.05) is 5.32 Å². The van der Waals surface area contributed by atoms with Gasteiger partial charge < -0.3 is 5.32 Å². The second kappa shape index (κ2) is 4.35. The van der Waals surface area contributed by atoms with E-state index in [9.17, 15) is 0 Å². The van der Waals surface area contributed by atoms with Crippen LogP contribution in [0.1, 0.15) is 44.6 Å². The topological polar surface area (TPSA) is 37.8 Å². The zero-order chi connectivity index (χ0) is 10.8. The van der Waals surface area contributed by atoms with Crippen molar-refractivity contribution in [1.82, 2.24) is 9.97 Å². The lowest BCUT2D eigenvalue weighted by Gasteiger charge is -2.28. The molecule has 2 rings (SSSR count). The average Bonchev–Trinajstić information content (AvgIpc) is 2.10. The Labute approximate surface area is 95.3 Å². The molecular weight excluding hydrogens is 210 g/mol. The predicted molar refractivity (Wildman–Crippen MR) is 62.4 cm³/mol. The summed E-state index contributed by atoms with van der Waals surface area (Å²) in [7, 11) is 0. The first-order valence-corrected chi connectivity index (χ1v) is 5.83. The van der Waals surface area contributed by atoms with Gasteiger partial charge in [0, 0.05) is 11.6 Å². The molecule has 0 radical (unpaired) electrons. The Morgan fingerprint density at radius 3 is 2.67 bits per heavy atom. The van der Waals surface area contributed by atoms with Gasteiger partial charge in [0.25, 0.3) is 0 Å². The summed E-state index contributed by atoms with van der Waals surface area (Å²) in [5.41, 5.74) is 1.03. The Hall–Kier alpha value is -0.830. The molecule has 0 saturated heterocycles. The van der Waals surface area contributed by atoms with E-state index in [0.717, 1.165) is 11.4 Å². The second-order valence-corrected chi connectivity index (χ2v) is 4.71. The Morgan fingerprint density at radius 1 is 1.40 bits per heavy atom. The fourth-order valence-electron chi connectivity index (χ4n) is 1.75. The highest BCUT2D eigenvalue weighted by Gasteiger charge is 2.21. The van der Waals surface area contributed by atoms with Gasteiger partial charge in [0.1, 0.15) is 17.3 Å². The van der Waals surface area contributed by atoms with E-state index >= 15 is 0 Å². The summed E-state index contributed by atoms with van der Waals surface area (Å²) >= 11 is 6.08. The van der Waals surface area contributed by atoms with Gasteiger partial charge in [0.2, 0.25) is 0 Å². The molecular formula is C11H16ClN3. The fraction of sp³-hybridized carbons (Fsp3) is 0.636. The first-order valence-electron chi connectivity index (χ1n) is 5.45. The molecule has 0 atom stereocenters. The highest BCUT2D eigenvalue weighted by Crippen LogP contribution is 2.30. The van der Waals surface area contributed by atoms with Gasteiger partial charge >= 0.3 is 0 Å². The lowest BCUT2D eigenvalue weighted by Crippen LogP contribution is -2.28. The van der Waals surface area contributed by atoms with E-state index in [0.29, 0.717) is 17.1 Å². The van der Waals surface area contributed by atoms with Crippen LogP contribution in [-0.4, -0.2) is 16.0 Å². The van der Waals surface area contributed by atoms with Gasteiger partial charge in [-0.15, -0.1) is 0 Å². The Balaban J connectivity index is 2.23. The van der Waals surface area contributed by atoms with Gasteiger partial charge in [-0.3, -0.25) is 0 Å². The van der Waals surface area contributed by atoms with Crippen LogP contribution in [0.5, 0.6) is 0 Å². The van der Waals surface area contributed by atoms with Crippen LogP contribution in [0.25, 0.3) is 0 Å². The summed E-state index contributed by atoms with van der Waals surface area (Å²) in [5, 5.41) is 4.00. The van der Waals surface area contributed by atoms with Crippen molar-refractivity contribution in [2.24, 2.45) is 0 Å². The minimum absolute atomic E-state index is 0.348. The van der Waals surface area contributed by atoms with E-state index in [4.69, 9.17) is 11.6 Å². The molecule has 1 saturated carbocycles. The molecule has 1 aromatic rings. The molecule has 0 spiro atoms. The standard InChI is InChI=1S/C11H16ClN3/c1-7(2)9-10(12)13-6-14-11(9)15-8-4-3-5-8/h6-8H,3-5H2,1-2H3,(H,13,14,15). The molecule has 0 aliphatic heterocycles. The van der Waals surface area contributed by atoms with Crippen LogP contribution in [0.4, 0.5) is 5.82 Å². The number of nitrogens with zero attached hydrogens (tertiary/aromatic N) is 2. The molecule has 1 aliphatic rings. The molecule has 0 aromatic carbocycles. The number of halogens is 1. The predicted octanol–water partition coefficient (Wildman–Crippen LogP) is 3.22. The third-order valence-electron chi connectivity index (χ3n) is 2.86. The van der Waals surface area contributed by atoms with Crippen molar-refractivity contribution in [1.29, 1.82) is 0 Å². The molecule has 1 aliphatic carbocycles. The maximum Gasteiger partial charge on any atom is 0.138 e. The van der Waals surface area contributed by atoms with E-state index in [1.807, 2.05) is 0 Å². The molecule has 1 aromatic heterocycles. The summed E-state index contributed by atoms with van der Waals surface area (Å²) in [5.74, 6) is 1.26. The normalized spacial score (nSPS) is 16.5. The van der Waals surface area contributed by atoms with E-state index < -0.39 is 0 Å². The summed E-state index contributed by atoms with van der Waals surface area (Å²) in [4.78, 5) is 8.30. The Morgan fingerprint density at radius 2 is 2.13 bits per heavy atom. The van der Waals surface area contributed by atoms with Gasteiger partial charge in [-0.25, -0.2) is 9.97 Å². The summed E-state index contributed by atoms with van der Waals surface area (Å²) < 4.78 is 0. The third kappa shape index (κ3) is 2.23. The monoisotopic (exact) mass is 225 g/mol. The highest BCUT2D eigenvalue weighted by molar-refractivity contribution is 6.30. The SMILES string of the molecule is CC(C)c1c(Cl)ncnc1NC1CCC1. The second-order valence-electron chi connectivity index (χ2n) is 4.35. The number of aromatic nitrogens is 2. The van der Waals surface area contributed by atoms with Gasteiger partial charge in [0.05, 0.1) is 0 Å². The van der Waals surface area contributed by atoms with E-state index in [2.05, 4.69) is 29.1 Å². The van der Waals surface area contributed by atoms with Gasteiger partial charge in [-0.2, -0.15) is 0 Å². The first-order chi connectivity index (χ1) is 7.18. The lowest BCUT2D eigenvalue weighted by atomic mass is 9.93. The maximum atomic E-state index is 6.08. The Kier molecular flexibility index (Phi) is 3.10. The molecule has 0 amide bonds. The smallest absolute Gasteiger partial charge is 0.138 e. The molecule has 15 heavy (non-hydrogen) atoms. The van der Waals surface area contributed by atoms with Gasteiger partial charge in [-0.1, -0.05) is 25.4 Å². The van der Waals surface area contributed by atoms with Crippen molar-refractivity contribution in [2.45, 2.75) is 45.1 Å². The Bertz CT molecular complexity index is 348. The summed E-state index contributed by atoms with van der Waals surface area (Å²) in [6.07, 6.45) is 5.31. The van der Waals surface area contributed by atoms with Crippen LogP contribution < -0.4 is 5.32 Å². The molecule has 1 heterocycles. The highest BCUT2D eigenvalue weighted by atomic mass is 35.5. The molecule has 0 unspecified atom stereocenters. The minimum Gasteiger partial charge on any atom is -0.367 e. The molecule has 1 N–H and O–H groups in total. The van der Waals surface area contributed by atoms with Crippen molar-refractivity contribution in [3.63, 3.8) is 0 Å². The van der Waals surface area contributed by atoms with Crippen LogP contribution in [-0.2, 0) is 0 Å². The first kappa shape index (κ1) is 10.7. The molecule has 3 nitrogen and oxygen atoms in total. The number of rotatable bonds is 3. The third-order valence-corrected chi connectivity index (χ3v) is 3.16. The number of anilines is 1. The molecule has 0 bridgehead atoms.